The van der Waals surface area contributed by atoms with Gasteiger partial charge >= 0.3 is 0 Å². The van der Waals surface area contributed by atoms with E-state index < -0.39 is 0 Å². The number of thiocarbonyl (C=S) groups is 1. The quantitative estimate of drug-likeness (QED) is 0.226. The van der Waals surface area contributed by atoms with Gasteiger partial charge < -0.3 is 20.1 Å². The van der Waals surface area contributed by atoms with E-state index in [0.29, 0.717) is 0 Å². The molecule has 2 aromatic heterocycles. The normalized spacial score (nSPS) is 17.3. The van der Waals surface area contributed by atoms with Crippen LogP contribution in [0, 0.1) is 19.7 Å². The lowest BCUT2D eigenvalue weighted by molar-refractivity contribution is 0.315. The highest BCUT2D eigenvalue weighted by Gasteiger charge is 2.41. The summed E-state index contributed by atoms with van der Waals surface area (Å²) in [5, 5.41) is 7.78. The number of rotatable bonds is 8. The third-order valence-electron chi connectivity index (χ3n) is 6.75. The summed E-state index contributed by atoms with van der Waals surface area (Å²) in [6.45, 7) is 5.86. The molecule has 36 heavy (non-hydrogen) atoms. The Balaban J connectivity index is 1.45. The maximum absolute atomic E-state index is 13.6. The fourth-order valence-electron chi connectivity index (χ4n) is 5.10. The number of halogens is 1. The van der Waals surface area contributed by atoms with Crippen molar-refractivity contribution >= 4 is 23.0 Å². The molecule has 5 nitrogen and oxygen atoms in total. The minimum Gasteiger partial charge on any atom is -0.385 e. The number of para-hydroxylation sites is 1. The zero-order chi connectivity index (χ0) is 25.1. The minimum atomic E-state index is -0.239. The Morgan fingerprint density at radius 1 is 1.00 bits per heavy atom. The fraction of sp³-hybridized carbons (Fsp3) is 0.241. The summed E-state index contributed by atoms with van der Waals surface area (Å²) in [5.41, 5.74) is 6.42. The molecule has 7 heteroatoms. The minimum absolute atomic E-state index is 0.00970. The number of hydrogen-bond donors (Lipinski definition) is 2. The molecular weight excluding hydrogens is 469 g/mol. The molecule has 2 N–H and O–H groups in total. The SMILES string of the molecule is Cc1cc([C@H]2[C@H](c3ccccn3)NC(=S)N2CCCNc2ccccc2)c(C)n1-c1ccc(F)cc1. The van der Waals surface area contributed by atoms with Gasteiger partial charge in [0.2, 0.25) is 0 Å². The molecule has 2 aromatic carbocycles. The largest absolute Gasteiger partial charge is 0.385 e. The van der Waals surface area contributed by atoms with Crippen molar-refractivity contribution in [2.75, 3.05) is 18.4 Å². The molecule has 1 aliphatic rings. The molecule has 0 saturated carbocycles. The predicted molar refractivity (Wildman–Crippen MR) is 147 cm³/mol. The number of nitrogens with zero attached hydrogens (tertiary/aromatic N) is 3. The first-order chi connectivity index (χ1) is 17.5. The standard InChI is InChI=1S/C29H30FN5S/c1-20-19-25(21(2)35(20)24-14-12-22(30)13-15-24)28-27(26-11-6-7-16-32-26)33-29(36)34(28)18-8-17-31-23-9-4-3-5-10-23/h3-7,9-16,19,27-28,31H,8,17-18H2,1-2H3,(H,33,36)/t27-,28-/m0/s1. The molecule has 184 valence electrons. The average molecular weight is 500 g/mol. The Morgan fingerprint density at radius 3 is 2.47 bits per heavy atom. The number of aromatic nitrogens is 2. The lowest BCUT2D eigenvalue weighted by Gasteiger charge is -2.28. The summed E-state index contributed by atoms with van der Waals surface area (Å²) in [6.07, 6.45) is 2.75. The van der Waals surface area contributed by atoms with Crippen LogP contribution in [0.25, 0.3) is 5.69 Å². The molecule has 5 rings (SSSR count). The molecule has 2 atom stereocenters. The van der Waals surface area contributed by atoms with E-state index in [9.17, 15) is 4.39 Å². The van der Waals surface area contributed by atoms with Crippen LogP contribution in [-0.4, -0.2) is 32.7 Å². The smallest absolute Gasteiger partial charge is 0.170 e. The molecule has 1 aliphatic heterocycles. The van der Waals surface area contributed by atoms with E-state index in [1.165, 1.54) is 17.7 Å². The van der Waals surface area contributed by atoms with Gasteiger partial charge in [0.1, 0.15) is 5.82 Å². The maximum atomic E-state index is 13.6. The van der Waals surface area contributed by atoms with Gasteiger partial charge in [0.15, 0.2) is 5.11 Å². The molecule has 0 unspecified atom stereocenters. The van der Waals surface area contributed by atoms with Crippen molar-refractivity contribution in [1.29, 1.82) is 0 Å². The molecule has 3 heterocycles. The van der Waals surface area contributed by atoms with E-state index in [1.807, 2.05) is 54.7 Å². The highest BCUT2D eigenvalue weighted by molar-refractivity contribution is 7.80. The van der Waals surface area contributed by atoms with Gasteiger partial charge in [-0.2, -0.15) is 0 Å². The Labute approximate surface area is 217 Å². The Bertz CT molecular complexity index is 1320. The summed E-state index contributed by atoms with van der Waals surface area (Å²) in [6, 6.07) is 25.0. The van der Waals surface area contributed by atoms with Crippen molar-refractivity contribution in [2.45, 2.75) is 32.4 Å². The molecule has 0 amide bonds. The second-order valence-corrected chi connectivity index (χ2v) is 9.49. The topological polar surface area (TPSA) is 45.1 Å². The number of pyridine rings is 1. The zero-order valence-electron chi connectivity index (χ0n) is 20.5. The highest BCUT2D eigenvalue weighted by atomic mass is 32.1. The molecule has 4 aromatic rings. The molecule has 0 spiro atoms. The summed E-state index contributed by atoms with van der Waals surface area (Å²) >= 11 is 5.85. The number of benzene rings is 2. The Morgan fingerprint density at radius 2 is 1.75 bits per heavy atom. The van der Waals surface area contributed by atoms with Crippen LogP contribution < -0.4 is 10.6 Å². The fourth-order valence-corrected chi connectivity index (χ4v) is 5.43. The van der Waals surface area contributed by atoms with Crippen LogP contribution >= 0.6 is 12.2 Å². The summed E-state index contributed by atoms with van der Waals surface area (Å²) in [5.74, 6) is -0.239. The molecule has 0 aliphatic carbocycles. The molecule has 0 bridgehead atoms. The van der Waals surface area contributed by atoms with Gasteiger partial charge in [-0.3, -0.25) is 4.98 Å². The van der Waals surface area contributed by atoms with Crippen LogP contribution in [0.2, 0.25) is 0 Å². The molecule has 1 saturated heterocycles. The zero-order valence-corrected chi connectivity index (χ0v) is 21.3. The highest BCUT2D eigenvalue weighted by Crippen LogP contribution is 2.41. The number of aryl methyl sites for hydroxylation is 1. The predicted octanol–water partition coefficient (Wildman–Crippen LogP) is 6.10. The van der Waals surface area contributed by atoms with E-state index in [4.69, 9.17) is 12.2 Å². The lowest BCUT2D eigenvalue weighted by atomic mass is 9.96. The van der Waals surface area contributed by atoms with Gasteiger partial charge in [0, 0.05) is 42.0 Å². The van der Waals surface area contributed by atoms with Crippen molar-refractivity contribution in [3.05, 3.63) is 114 Å². The Hall–Kier alpha value is -3.71. The number of nitrogens with one attached hydrogen (secondary N) is 2. The molecular formula is C29H30FN5S. The van der Waals surface area contributed by atoms with Crippen LogP contribution in [0.3, 0.4) is 0 Å². The third kappa shape index (κ3) is 4.84. The van der Waals surface area contributed by atoms with E-state index in [-0.39, 0.29) is 17.9 Å². The van der Waals surface area contributed by atoms with Crippen LogP contribution in [0.15, 0.2) is 85.1 Å². The van der Waals surface area contributed by atoms with Gasteiger partial charge in [-0.15, -0.1) is 0 Å². The summed E-state index contributed by atoms with van der Waals surface area (Å²) < 4.78 is 15.8. The van der Waals surface area contributed by atoms with Crippen LogP contribution in [-0.2, 0) is 0 Å². The van der Waals surface area contributed by atoms with Crippen LogP contribution in [0.1, 0.15) is 41.1 Å². The number of hydrogen-bond acceptors (Lipinski definition) is 3. The van der Waals surface area contributed by atoms with Crippen LogP contribution in [0.4, 0.5) is 10.1 Å². The Kier molecular flexibility index (Phi) is 7.00. The molecule has 1 fully saturated rings. The monoisotopic (exact) mass is 499 g/mol. The van der Waals surface area contributed by atoms with Gasteiger partial charge in [-0.05, 0) is 92.6 Å². The maximum Gasteiger partial charge on any atom is 0.170 e. The van der Waals surface area contributed by atoms with E-state index in [0.717, 1.165) is 53.1 Å². The van der Waals surface area contributed by atoms with Crippen molar-refractivity contribution in [3.8, 4) is 5.69 Å². The first-order valence-corrected chi connectivity index (χ1v) is 12.7. The first kappa shape index (κ1) is 24.0. The lowest BCUT2D eigenvalue weighted by Crippen LogP contribution is -2.31. The molecule has 0 radical (unpaired) electrons. The van der Waals surface area contributed by atoms with Crippen molar-refractivity contribution < 1.29 is 4.39 Å². The average Bonchev–Trinajstić information content (AvgIpc) is 3.38. The van der Waals surface area contributed by atoms with Crippen molar-refractivity contribution in [2.24, 2.45) is 0 Å². The van der Waals surface area contributed by atoms with Crippen LogP contribution in [0.5, 0.6) is 0 Å². The second-order valence-electron chi connectivity index (χ2n) is 9.10. The number of anilines is 1. The van der Waals surface area contributed by atoms with Crippen molar-refractivity contribution in [3.63, 3.8) is 0 Å². The van der Waals surface area contributed by atoms with Gasteiger partial charge in [-0.25, -0.2) is 4.39 Å². The summed E-state index contributed by atoms with van der Waals surface area (Å²) in [7, 11) is 0. The van der Waals surface area contributed by atoms with Crippen molar-refractivity contribution in [1.82, 2.24) is 19.8 Å². The van der Waals surface area contributed by atoms with E-state index in [2.05, 4.69) is 57.1 Å². The van der Waals surface area contributed by atoms with Gasteiger partial charge in [0.25, 0.3) is 0 Å². The third-order valence-corrected chi connectivity index (χ3v) is 7.10. The summed E-state index contributed by atoms with van der Waals surface area (Å²) in [4.78, 5) is 6.95. The first-order valence-electron chi connectivity index (χ1n) is 12.2. The van der Waals surface area contributed by atoms with E-state index in [1.54, 1.807) is 0 Å². The van der Waals surface area contributed by atoms with E-state index >= 15 is 0 Å². The second kappa shape index (κ2) is 10.5. The van der Waals surface area contributed by atoms with Gasteiger partial charge in [0.05, 0.1) is 17.8 Å². The van der Waals surface area contributed by atoms with Gasteiger partial charge in [-0.1, -0.05) is 24.3 Å².